The van der Waals surface area contributed by atoms with Gasteiger partial charge in [-0.3, -0.25) is 0 Å². The standard InChI is InChI=1S/C11H10N2/c1-9-5-4-7-10(11(9)13)6-2-3-8-12/h4-5,7H,3,13H2,1H3. The molecule has 64 valence electrons. The number of nitrogens with two attached hydrogens (primary N) is 1. The zero-order valence-electron chi connectivity index (χ0n) is 7.46. The highest BCUT2D eigenvalue weighted by Crippen LogP contribution is 2.14. The van der Waals surface area contributed by atoms with E-state index in [4.69, 9.17) is 11.0 Å². The van der Waals surface area contributed by atoms with Gasteiger partial charge in [-0.1, -0.05) is 24.0 Å². The van der Waals surface area contributed by atoms with Gasteiger partial charge < -0.3 is 5.73 Å². The summed E-state index contributed by atoms with van der Waals surface area (Å²) in [4.78, 5) is 0. The number of aryl methyl sites for hydroxylation is 1. The van der Waals surface area contributed by atoms with Crippen molar-refractivity contribution >= 4 is 5.69 Å². The number of hydrogen-bond donors (Lipinski definition) is 1. The summed E-state index contributed by atoms with van der Waals surface area (Å²) in [6.07, 6.45) is 0.243. The van der Waals surface area contributed by atoms with E-state index >= 15 is 0 Å². The Hall–Kier alpha value is -1.93. The molecule has 1 aromatic rings. The van der Waals surface area contributed by atoms with Crippen molar-refractivity contribution in [1.29, 1.82) is 5.26 Å². The molecular formula is C11H10N2. The van der Waals surface area contributed by atoms with Crippen molar-refractivity contribution in [2.75, 3.05) is 5.73 Å². The van der Waals surface area contributed by atoms with E-state index in [0.29, 0.717) is 5.69 Å². The molecule has 2 N–H and O–H groups in total. The van der Waals surface area contributed by atoms with E-state index in [1.807, 2.05) is 31.2 Å². The van der Waals surface area contributed by atoms with E-state index in [1.54, 1.807) is 0 Å². The predicted molar refractivity (Wildman–Crippen MR) is 52.7 cm³/mol. The fourth-order valence-electron chi connectivity index (χ4n) is 0.969. The largest absolute Gasteiger partial charge is 0.398 e. The van der Waals surface area contributed by atoms with E-state index in [-0.39, 0.29) is 6.42 Å². The molecular weight excluding hydrogens is 160 g/mol. The summed E-state index contributed by atoms with van der Waals surface area (Å²) in [5.74, 6) is 5.59. The molecule has 0 spiro atoms. The summed E-state index contributed by atoms with van der Waals surface area (Å²) in [7, 11) is 0. The van der Waals surface area contributed by atoms with Gasteiger partial charge in [0, 0.05) is 5.56 Å². The third-order valence-electron chi connectivity index (χ3n) is 1.71. The van der Waals surface area contributed by atoms with Crippen molar-refractivity contribution < 1.29 is 0 Å². The Morgan fingerprint density at radius 2 is 2.23 bits per heavy atom. The van der Waals surface area contributed by atoms with Gasteiger partial charge in [-0.05, 0) is 18.6 Å². The van der Waals surface area contributed by atoms with Gasteiger partial charge in [0.05, 0.1) is 18.2 Å². The van der Waals surface area contributed by atoms with Crippen molar-refractivity contribution in [1.82, 2.24) is 0 Å². The number of nitrogen functional groups attached to an aromatic ring is 1. The summed E-state index contributed by atoms with van der Waals surface area (Å²) in [6.45, 7) is 1.94. The van der Waals surface area contributed by atoms with Crippen LogP contribution < -0.4 is 5.73 Å². The molecule has 1 rings (SSSR count). The lowest BCUT2D eigenvalue weighted by Gasteiger charge is -2.00. The maximum Gasteiger partial charge on any atom is 0.0966 e. The zero-order chi connectivity index (χ0) is 9.68. The number of hydrogen-bond acceptors (Lipinski definition) is 2. The number of benzene rings is 1. The number of rotatable bonds is 0. The Morgan fingerprint density at radius 3 is 2.92 bits per heavy atom. The third-order valence-corrected chi connectivity index (χ3v) is 1.71. The lowest BCUT2D eigenvalue weighted by Crippen LogP contribution is -1.92. The molecule has 0 fully saturated rings. The zero-order valence-corrected chi connectivity index (χ0v) is 7.46. The van der Waals surface area contributed by atoms with Crippen LogP contribution in [-0.4, -0.2) is 0 Å². The topological polar surface area (TPSA) is 49.8 Å². The highest BCUT2D eigenvalue weighted by Gasteiger charge is 1.96. The van der Waals surface area contributed by atoms with Crippen molar-refractivity contribution in [2.45, 2.75) is 13.3 Å². The lowest BCUT2D eigenvalue weighted by atomic mass is 10.1. The first-order valence-corrected chi connectivity index (χ1v) is 3.96. The summed E-state index contributed by atoms with van der Waals surface area (Å²) in [6, 6.07) is 7.65. The van der Waals surface area contributed by atoms with Gasteiger partial charge in [0.25, 0.3) is 0 Å². The third kappa shape index (κ3) is 2.25. The Labute approximate surface area is 78.0 Å². The van der Waals surface area contributed by atoms with Gasteiger partial charge in [-0.25, -0.2) is 0 Å². The van der Waals surface area contributed by atoms with Crippen LogP contribution in [0, 0.1) is 30.1 Å². The van der Waals surface area contributed by atoms with Crippen LogP contribution in [0.2, 0.25) is 0 Å². The number of anilines is 1. The smallest absolute Gasteiger partial charge is 0.0966 e. The average molecular weight is 170 g/mol. The summed E-state index contributed by atoms with van der Waals surface area (Å²) in [5, 5.41) is 8.28. The first-order valence-electron chi connectivity index (χ1n) is 3.96. The molecule has 2 heteroatoms. The molecule has 0 aromatic heterocycles. The van der Waals surface area contributed by atoms with Crippen molar-refractivity contribution in [3.8, 4) is 17.9 Å². The SMILES string of the molecule is Cc1cccc(C#CCC#N)c1N. The normalized spacial score (nSPS) is 8.31. The van der Waals surface area contributed by atoms with Crippen LogP contribution >= 0.6 is 0 Å². The van der Waals surface area contributed by atoms with Crippen LogP contribution in [0.25, 0.3) is 0 Å². The van der Waals surface area contributed by atoms with Gasteiger partial charge in [0.1, 0.15) is 0 Å². The predicted octanol–water partition coefficient (Wildman–Crippen LogP) is 1.84. The van der Waals surface area contributed by atoms with E-state index in [9.17, 15) is 0 Å². The molecule has 1 aromatic carbocycles. The Kier molecular flexibility index (Phi) is 2.95. The molecule has 0 aliphatic heterocycles. The highest BCUT2D eigenvalue weighted by atomic mass is 14.6. The average Bonchev–Trinajstić information content (AvgIpc) is 2.13. The quantitative estimate of drug-likeness (QED) is 0.477. The van der Waals surface area contributed by atoms with E-state index in [0.717, 1.165) is 11.1 Å². The van der Waals surface area contributed by atoms with Crippen LogP contribution in [0.15, 0.2) is 18.2 Å². The van der Waals surface area contributed by atoms with Crippen LogP contribution in [0.4, 0.5) is 5.69 Å². The monoisotopic (exact) mass is 170 g/mol. The molecule has 0 aliphatic carbocycles. The number of nitrogens with zero attached hydrogens (tertiary/aromatic N) is 1. The van der Waals surface area contributed by atoms with E-state index in [2.05, 4.69) is 11.8 Å². The second kappa shape index (κ2) is 4.18. The Balaban J connectivity index is 2.99. The maximum absolute atomic E-state index is 8.28. The Bertz CT molecular complexity index is 402. The fraction of sp³-hybridized carbons (Fsp3) is 0.182. The molecule has 0 saturated carbocycles. The molecule has 0 heterocycles. The molecule has 0 atom stereocenters. The lowest BCUT2D eigenvalue weighted by molar-refractivity contribution is 1.39. The van der Waals surface area contributed by atoms with E-state index in [1.165, 1.54) is 0 Å². The van der Waals surface area contributed by atoms with E-state index < -0.39 is 0 Å². The van der Waals surface area contributed by atoms with Gasteiger partial charge in [0.2, 0.25) is 0 Å². The molecule has 0 unspecified atom stereocenters. The van der Waals surface area contributed by atoms with Crippen LogP contribution in [0.1, 0.15) is 17.5 Å². The molecule has 0 bridgehead atoms. The molecule has 0 saturated heterocycles. The number of nitriles is 1. The van der Waals surface area contributed by atoms with Crippen LogP contribution in [-0.2, 0) is 0 Å². The summed E-state index contributed by atoms with van der Waals surface area (Å²) < 4.78 is 0. The molecule has 0 amide bonds. The second-order valence-corrected chi connectivity index (χ2v) is 2.67. The summed E-state index contributed by atoms with van der Waals surface area (Å²) >= 11 is 0. The summed E-state index contributed by atoms with van der Waals surface area (Å²) in [5.41, 5.74) is 8.30. The molecule has 2 nitrogen and oxygen atoms in total. The fourth-order valence-corrected chi connectivity index (χ4v) is 0.969. The molecule has 0 aliphatic rings. The van der Waals surface area contributed by atoms with Gasteiger partial charge in [-0.2, -0.15) is 5.26 Å². The van der Waals surface area contributed by atoms with Gasteiger partial charge in [0.15, 0.2) is 0 Å². The van der Waals surface area contributed by atoms with Crippen molar-refractivity contribution in [3.05, 3.63) is 29.3 Å². The van der Waals surface area contributed by atoms with Gasteiger partial charge >= 0.3 is 0 Å². The highest BCUT2D eigenvalue weighted by molar-refractivity contribution is 5.60. The minimum Gasteiger partial charge on any atom is -0.398 e. The number of para-hydroxylation sites is 1. The first kappa shape index (κ1) is 9.16. The van der Waals surface area contributed by atoms with Gasteiger partial charge in [-0.15, -0.1) is 0 Å². The molecule has 0 radical (unpaired) electrons. The maximum atomic E-state index is 8.28. The van der Waals surface area contributed by atoms with Crippen LogP contribution in [0.5, 0.6) is 0 Å². The molecule has 13 heavy (non-hydrogen) atoms. The Morgan fingerprint density at radius 1 is 1.46 bits per heavy atom. The second-order valence-electron chi connectivity index (χ2n) is 2.67. The minimum atomic E-state index is 0.243. The minimum absolute atomic E-state index is 0.243. The van der Waals surface area contributed by atoms with Crippen molar-refractivity contribution in [3.63, 3.8) is 0 Å². The van der Waals surface area contributed by atoms with Crippen molar-refractivity contribution in [2.24, 2.45) is 0 Å². The first-order chi connectivity index (χ1) is 6.25. The van der Waals surface area contributed by atoms with Crippen LogP contribution in [0.3, 0.4) is 0 Å².